The standard InChI is InChI=1S/C19H17ClFNO3/c1-11-16(20)3-2-4-17(11)22-18(23)10-25-19(24)15-9-14(15)12-5-7-13(21)8-6-12/h2-8,14-15H,9-10H2,1H3,(H,22,23). The molecule has 2 aromatic carbocycles. The quantitative estimate of drug-likeness (QED) is 0.817. The van der Waals surface area contributed by atoms with Crippen molar-refractivity contribution in [3.63, 3.8) is 0 Å². The molecule has 0 saturated heterocycles. The summed E-state index contributed by atoms with van der Waals surface area (Å²) in [6.45, 7) is 1.44. The lowest BCUT2D eigenvalue weighted by Gasteiger charge is -2.10. The molecule has 4 nitrogen and oxygen atoms in total. The van der Waals surface area contributed by atoms with E-state index in [1.807, 2.05) is 0 Å². The van der Waals surface area contributed by atoms with Crippen LogP contribution in [0.25, 0.3) is 0 Å². The number of esters is 1. The topological polar surface area (TPSA) is 55.4 Å². The molecule has 1 N–H and O–H groups in total. The monoisotopic (exact) mass is 361 g/mol. The van der Waals surface area contributed by atoms with E-state index in [4.69, 9.17) is 16.3 Å². The van der Waals surface area contributed by atoms with Gasteiger partial charge in [0.05, 0.1) is 5.92 Å². The summed E-state index contributed by atoms with van der Waals surface area (Å²) in [6, 6.07) is 11.3. The van der Waals surface area contributed by atoms with Crippen LogP contribution in [-0.2, 0) is 14.3 Å². The van der Waals surface area contributed by atoms with Crippen LogP contribution in [0.15, 0.2) is 42.5 Å². The van der Waals surface area contributed by atoms with E-state index in [2.05, 4.69) is 5.32 Å². The first-order chi connectivity index (χ1) is 12.0. The van der Waals surface area contributed by atoms with E-state index >= 15 is 0 Å². The molecule has 1 aliphatic carbocycles. The largest absolute Gasteiger partial charge is 0.455 e. The molecule has 6 heteroatoms. The van der Waals surface area contributed by atoms with E-state index in [0.29, 0.717) is 17.1 Å². The molecule has 0 radical (unpaired) electrons. The summed E-state index contributed by atoms with van der Waals surface area (Å²) in [4.78, 5) is 24.0. The van der Waals surface area contributed by atoms with E-state index < -0.39 is 11.9 Å². The number of anilines is 1. The number of hydrogen-bond donors (Lipinski definition) is 1. The van der Waals surface area contributed by atoms with Crippen LogP contribution in [0, 0.1) is 18.7 Å². The number of hydrogen-bond acceptors (Lipinski definition) is 3. The normalized spacial score (nSPS) is 18.5. The molecule has 0 aromatic heterocycles. The maximum atomic E-state index is 12.9. The maximum absolute atomic E-state index is 12.9. The van der Waals surface area contributed by atoms with Gasteiger partial charge in [-0.25, -0.2) is 4.39 Å². The number of benzene rings is 2. The SMILES string of the molecule is Cc1c(Cl)cccc1NC(=O)COC(=O)C1CC1c1ccc(F)cc1. The lowest BCUT2D eigenvalue weighted by atomic mass is 10.1. The predicted molar refractivity (Wildman–Crippen MR) is 93.0 cm³/mol. The molecule has 1 fully saturated rings. The summed E-state index contributed by atoms with van der Waals surface area (Å²) >= 11 is 6.00. The average molecular weight is 362 g/mol. The smallest absolute Gasteiger partial charge is 0.310 e. The van der Waals surface area contributed by atoms with Crippen molar-refractivity contribution < 1.29 is 18.7 Å². The van der Waals surface area contributed by atoms with E-state index in [0.717, 1.165) is 11.1 Å². The fourth-order valence-corrected chi connectivity index (χ4v) is 2.88. The van der Waals surface area contributed by atoms with Gasteiger partial charge in [0.2, 0.25) is 0 Å². The van der Waals surface area contributed by atoms with E-state index in [1.54, 1.807) is 37.3 Å². The van der Waals surface area contributed by atoms with Crippen LogP contribution in [0.4, 0.5) is 10.1 Å². The highest BCUT2D eigenvalue weighted by Crippen LogP contribution is 2.48. The molecule has 130 valence electrons. The van der Waals surface area contributed by atoms with Crippen LogP contribution in [0.3, 0.4) is 0 Å². The average Bonchev–Trinajstić information content (AvgIpc) is 3.38. The maximum Gasteiger partial charge on any atom is 0.310 e. The van der Waals surface area contributed by atoms with Gasteiger partial charge in [-0.15, -0.1) is 0 Å². The minimum atomic E-state index is -0.419. The predicted octanol–water partition coefficient (Wildman–Crippen LogP) is 4.07. The van der Waals surface area contributed by atoms with Crippen molar-refractivity contribution in [2.75, 3.05) is 11.9 Å². The Morgan fingerprint density at radius 3 is 2.68 bits per heavy atom. The van der Waals surface area contributed by atoms with E-state index in [9.17, 15) is 14.0 Å². The molecule has 0 spiro atoms. The molecule has 1 saturated carbocycles. The first-order valence-electron chi connectivity index (χ1n) is 7.93. The number of amides is 1. The first kappa shape index (κ1) is 17.4. The van der Waals surface area contributed by atoms with Gasteiger partial charge in [-0.3, -0.25) is 9.59 Å². The molecular formula is C19H17ClFNO3. The number of carbonyl (C=O) groups excluding carboxylic acids is 2. The number of rotatable bonds is 5. The van der Waals surface area contributed by atoms with Gasteiger partial charge >= 0.3 is 5.97 Å². The molecule has 2 aromatic rings. The zero-order valence-electron chi connectivity index (χ0n) is 13.6. The van der Waals surface area contributed by atoms with Crippen molar-refractivity contribution in [3.05, 3.63) is 64.4 Å². The van der Waals surface area contributed by atoms with E-state index in [1.165, 1.54) is 12.1 Å². The Balaban J connectivity index is 1.49. The number of nitrogens with one attached hydrogen (secondary N) is 1. The molecular weight excluding hydrogens is 345 g/mol. The van der Waals surface area contributed by atoms with Crippen molar-refractivity contribution in [2.24, 2.45) is 5.92 Å². The Morgan fingerprint density at radius 1 is 1.24 bits per heavy atom. The van der Waals surface area contributed by atoms with Gasteiger partial charge in [-0.2, -0.15) is 0 Å². The minimum absolute atomic E-state index is 0.0336. The van der Waals surface area contributed by atoms with Gasteiger partial charge in [-0.05, 0) is 54.7 Å². The third-order valence-electron chi connectivity index (χ3n) is 4.28. The lowest BCUT2D eigenvalue weighted by molar-refractivity contribution is -0.148. The Hall–Kier alpha value is -2.40. The van der Waals surface area contributed by atoms with Crippen LogP contribution in [0.2, 0.25) is 5.02 Å². The van der Waals surface area contributed by atoms with Crippen LogP contribution in [0.1, 0.15) is 23.5 Å². The lowest BCUT2D eigenvalue weighted by Crippen LogP contribution is -2.22. The highest BCUT2D eigenvalue weighted by Gasteiger charge is 2.45. The molecule has 0 heterocycles. The Bertz CT molecular complexity index is 807. The van der Waals surface area contributed by atoms with Gasteiger partial charge < -0.3 is 10.1 Å². The highest BCUT2D eigenvalue weighted by atomic mass is 35.5. The third-order valence-corrected chi connectivity index (χ3v) is 4.69. The highest BCUT2D eigenvalue weighted by molar-refractivity contribution is 6.31. The van der Waals surface area contributed by atoms with Gasteiger partial charge in [0.15, 0.2) is 6.61 Å². The fraction of sp³-hybridized carbons (Fsp3) is 0.263. The van der Waals surface area contributed by atoms with E-state index in [-0.39, 0.29) is 24.3 Å². The second-order valence-corrected chi connectivity index (χ2v) is 6.48. The second kappa shape index (κ2) is 7.23. The van der Waals surface area contributed by atoms with Crippen LogP contribution in [0.5, 0.6) is 0 Å². The van der Waals surface area contributed by atoms with Crippen molar-refractivity contribution in [3.8, 4) is 0 Å². The number of halogens is 2. The fourth-order valence-electron chi connectivity index (χ4n) is 2.71. The van der Waals surface area contributed by atoms with Crippen LogP contribution >= 0.6 is 11.6 Å². The summed E-state index contributed by atoms with van der Waals surface area (Å²) in [5.41, 5.74) is 2.24. The molecule has 0 bridgehead atoms. The van der Waals surface area contributed by atoms with Gasteiger partial charge in [-0.1, -0.05) is 29.8 Å². The molecule has 2 atom stereocenters. The van der Waals surface area contributed by atoms with Crippen molar-refractivity contribution in [2.45, 2.75) is 19.3 Å². The Kier molecular flexibility index (Phi) is 5.04. The summed E-state index contributed by atoms with van der Waals surface area (Å²) < 4.78 is 18.0. The molecule has 2 unspecified atom stereocenters. The van der Waals surface area contributed by atoms with Crippen molar-refractivity contribution in [1.29, 1.82) is 0 Å². The summed E-state index contributed by atoms with van der Waals surface area (Å²) in [5.74, 6) is -1.38. The zero-order valence-corrected chi connectivity index (χ0v) is 14.3. The Morgan fingerprint density at radius 2 is 1.96 bits per heavy atom. The second-order valence-electron chi connectivity index (χ2n) is 6.07. The Labute approximate surface area is 149 Å². The van der Waals surface area contributed by atoms with Crippen LogP contribution in [-0.4, -0.2) is 18.5 Å². The molecule has 1 aliphatic rings. The molecule has 3 rings (SSSR count). The summed E-state index contributed by atoms with van der Waals surface area (Å²) in [7, 11) is 0. The molecule has 1 amide bonds. The van der Waals surface area contributed by atoms with Crippen molar-refractivity contribution in [1.82, 2.24) is 0 Å². The summed E-state index contributed by atoms with van der Waals surface area (Å²) in [6.07, 6.45) is 0.652. The first-order valence-corrected chi connectivity index (χ1v) is 8.30. The third kappa shape index (κ3) is 4.17. The van der Waals surface area contributed by atoms with Gasteiger partial charge in [0, 0.05) is 10.7 Å². The van der Waals surface area contributed by atoms with Gasteiger partial charge in [0.25, 0.3) is 5.91 Å². The molecule has 0 aliphatic heterocycles. The minimum Gasteiger partial charge on any atom is -0.455 e. The van der Waals surface area contributed by atoms with Crippen molar-refractivity contribution >= 4 is 29.2 Å². The zero-order chi connectivity index (χ0) is 18.0. The van der Waals surface area contributed by atoms with Gasteiger partial charge in [0.1, 0.15) is 5.82 Å². The summed E-state index contributed by atoms with van der Waals surface area (Å²) in [5, 5.41) is 3.22. The number of ether oxygens (including phenoxy) is 1. The molecule has 25 heavy (non-hydrogen) atoms. The van der Waals surface area contributed by atoms with Crippen LogP contribution < -0.4 is 5.32 Å². The number of carbonyl (C=O) groups is 2.